The molecule has 5 aromatic rings. The number of benzene rings is 3. The van der Waals surface area contributed by atoms with Gasteiger partial charge in [0, 0.05) is 21.4 Å². The average molecular weight is 506 g/mol. The van der Waals surface area contributed by atoms with Crippen LogP contribution in [0.3, 0.4) is 0 Å². The first-order valence-corrected chi connectivity index (χ1v) is 12.5. The summed E-state index contributed by atoms with van der Waals surface area (Å²) < 4.78 is 12.4. The van der Waals surface area contributed by atoms with E-state index in [2.05, 4.69) is 0 Å². The second kappa shape index (κ2) is 10.7. The topological polar surface area (TPSA) is 75.4 Å². The van der Waals surface area contributed by atoms with Crippen molar-refractivity contribution in [3.05, 3.63) is 89.0 Å². The van der Waals surface area contributed by atoms with Crippen molar-refractivity contribution in [3.8, 4) is 17.2 Å². The Bertz CT molecular complexity index is 1580. The predicted molar refractivity (Wildman–Crippen MR) is 138 cm³/mol. The third-order valence-electron chi connectivity index (χ3n) is 6.31. The van der Waals surface area contributed by atoms with Crippen molar-refractivity contribution < 1.29 is 48.6 Å². The number of carbonyl (C=O) groups is 1. The molecule has 0 aliphatic rings. The standard InChI is InChI=1S/C29H25NO4S.Na/c1-16-9-14-25(33-18(3)19-10-12-20(35-4)13-11-19)26-22(29(31)32)15-23(30-27(16)26)28-17(2)21-7-5-6-8-24(21)34-28;/h5-15,18H,1-4H3,(H,31,32);/q;+1/p-1. The van der Waals surface area contributed by atoms with Crippen molar-refractivity contribution in [2.75, 3.05) is 6.26 Å². The average Bonchev–Trinajstić information content (AvgIpc) is 3.21. The maximum atomic E-state index is 12.3. The molecule has 1 unspecified atom stereocenters. The molecule has 0 saturated heterocycles. The summed E-state index contributed by atoms with van der Waals surface area (Å²) in [6, 6.07) is 21.0. The number of aromatic nitrogens is 1. The summed E-state index contributed by atoms with van der Waals surface area (Å²) in [6.45, 7) is 5.79. The van der Waals surface area contributed by atoms with Crippen LogP contribution in [0.15, 0.2) is 76.0 Å². The van der Waals surface area contributed by atoms with Gasteiger partial charge in [-0.25, -0.2) is 4.98 Å². The first-order valence-electron chi connectivity index (χ1n) is 11.3. The summed E-state index contributed by atoms with van der Waals surface area (Å²) in [5, 5.41) is 13.7. The van der Waals surface area contributed by atoms with E-state index in [0.29, 0.717) is 28.1 Å². The van der Waals surface area contributed by atoms with Crippen molar-refractivity contribution in [1.82, 2.24) is 4.98 Å². The molecule has 0 aliphatic heterocycles. The third-order valence-corrected chi connectivity index (χ3v) is 7.05. The molecule has 1 atom stereocenters. The van der Waals surface area contributed by atoms with Gasteiger partial charge in [-0.3, -0.25) is 0 Å². The van der Waals surface area contributed by atoms with Crippen molar-refractivity contribution in [2.45, 2.75) is 31.8 Å². The van der Waals surface area contributed by atoms with Crippen molar-refractivity contribution in [1.29, 1.82) is 0 Å². The van der Waals surface area contributed by atoms with Gasteiger partial charge in [0.2, 0.25) is 0 Å². The molecule has 5 nitrogen and oxygen atoms in total. The van der Waals surface area contributed by atoms with Gasteiger partial charge in [-0.05, 0) is 68.5 Å². The second-order valence-electron chi connectivity index (χ2n) is 8.53. The van der Waals surface area contributed by atoms with Crippen LogP contribution in [0.5, 0.6) is 5.75 Å². The van der Waals surface area contributed by atoms with Crippen LogP contribution in [0.1, 0.15) is 40.1 Å². The fraction of sp³-hybridized carbons (Fsp3) is 0.172. The number of hydrogen-bond acceptors (Lipinski definition) is 6. The number of ether oxygens (including phenoxy) is 1. The maximum absolute atomic E-state index is 12.3. The molecule has 176 valence electrons. The van der Waals surface area contributed by atoms with Crippen molar-refractivity contribution in [2.24, 2.45) is 0 Å². The van der Waals surface area contributed by atoms with Crippen LogP contribution in [0.2, 0.25) is 0 Å². The van der Waals surface area contributed by atoms with Crippen LogP contribution >= 0.6 is 11.8 Å². The summed E-state index contributed by atoms with van der Waals surface area (Å²) in [5.74, 6) is -0.296. The van der Waals surface area contributed by atoms with Crippen molar-refractivity contribution in [3.63, 3.8) is 0 Å². The number of nitrogens with zero attached hydrogens (tertiary/aromatic N) is 1. The Balaban J connectivity index is 0.00000304. The Labute approximate surface area is 236 Å². The minimum atomic E-state index is -1.29. The van der Waals surface area contributed by atoms with Gasteiger partial charge in [0.05, 0.1) is 16.9 Å². The van der Waals surface area contributed by atoms with E-state index < -0.39 is 5.97 Å². The number of aryl methyl sites for hydroxylation is 2. The Hall–Kier alpha value is -2.77. The molecule has 5 rings (SSSR count). The zero-order valence-electron chi connectivity index (χ0n) is 20.9. The number of pyridine rings is 1. The van der Waals surface area contributed by atoms with Gasteiger partial charge in [-0.15, -0.1) is 11.8 Å². The smallest absolute Gasteiger partial charge is 0.545 e. The van der Waals surface area contributed by atoms with E-state index >= 15 is 0 Å². The first kappa shape index (κ1) is 26.3. The van der Waals surface area contributed by atoms with Gasteiger partial charge in [-0.1, -0.05) is 36.4 Å². The monoisotopic (exact) mass is 505 g/mol. The molecular formula is C29H24NNaO4S. The molecule has 3 aromatic carbocycles. The molecule has 7 heteroatoms. The van der Waals surface area contributed by atoms with Crippen LogP contribution in [0.4, 0.5) is 0 Å². The minimum Gasteiger partial charge on any atom is -0.545 e. The van der Waals surface area contributed by atoms with E-state index in [0.717, 1.165) is 27.7 Å². The number of thioether (sulfide) groups is 1. The zero-order valence-corrected chi connectivity index (χ0v) is 23.7. The number of carboxylic acids is 1. The molecule has 0 N–H and O–H groups in total. The molecule has 0 radical (unpaired) electrons. The molecule has 0 spiro atoms. The Morgan fingerprint density at radius 1 is 1.06 bits per heavy atom. The quantitative estimate of drug-likeness (QED) is 0.260. The van der Waals surface area contributed by atoms with E-state index in [-0.39, 0.29) is 41.2 Å². The van der Waals surface area contributed by atoms with E-state index in [1.807, 2.05) is 81.6 Å². The van der Waals surface area contributed by atoms with Gasteiger partial charge in [0.1, 0.15) is 23.1 Å². The number of furan rings is 1. The molecule has 36 heavy (non-hydrogen) atoms. The normalized spacial score (nSPS) is 11.9. The van der Waals surface area contributed by atoms with Crippen LogP contribution in [0, 0.1) is 13.8 Å². The zero-order chi connectivity index (χ0) is 24.7. The Morgan fingerprint density at radius 2 is 1.78 bits per heavy atom. The number of carbonyl (C=O) groups excluding carboxylic acids is 1. The maximum Gasteiger partial charge on any atom is 1.00 e. The number of fused-ring (bicyclic) bond motifs is 2. The van der Waals surface area contributed by atoms with Crippen LogP contribution in [-0.4, -0.2) is 17.2 Å². The Morgan fingerprint density at radius 3 is 2.44 bits per heavy atom. The molecule has 0 amide bonds. The second-order valence-corrected chi connectivity index (χ2v) is 9.41. The van der Waals surface area contributed by atoms with Crippen LogP contribution in [-0.2, 0) is 0 Å². The van der Waals surface area contributed by atoms with Gasteiger partial charge >= 0.3 is 29.6 Å². The van der Waals surface area contributed by atoms with E-state index in [9.17, 15) is 9.90 Å². The van der Waals surface area contributed by atoms with Gasteiger partial charge in [0.25, 0.3) is 0 Å². The number of carboxylic acid groups (broad SMARTS) is 1. The van der Waals surface area contributed by atoms with Crippen LogP contribution < -0.4 is 39.4 Å². The summed E-state index contributed by atoms with van der Waals surface area (Å²) in [7, 11) is 0. The minimum absolute atomic E-state index is 0. The van der Waals surface area contributed by atoms with E-state index in [1.54, 1.807) is 17.8 Å². The molecule has 0 bridgehead atoms. The van der Waals surface area contributed by atoms with Crippen LogP contribution in [0.25, 0.3) is 33.3 Å². The summed E-state index contributed by atoms with van der Waals surface area (Å²) in [4.78, 5) is 18.3. The number of para-hydroxylation sites is 1. The fourth-order valence-corrected chi connectivity index (χ4v) is 4.78. The first-order chi connectivity index (χ1) is 16.9. The Kier molecular flexibility index (Phi) is 7.81. The summed E-state index contributed by atoms with van der Waals surface area (Å²) in [6.07, 6.45) is 1.74. The summed E-state index contributed by atoms with van der Waals surface area (Å²) in [5.41, 5.74) is 4.48. The molecule has 2 heterocycles. The van der Waals surface area contributed by atoms with Gasteiger partial charge < -0.3 is 19.1 Å². The molecule has 0 saturated carbocycles. The molecule has 2 aromatic heterocycles. The third kappa shape index (κ3) is 4.78. The van der Waals surface area contributed by atoms with Crippen molar-refractivity contribution >= 4 is 39.6 Å². The van der Waals surface area contributed by atoms with Gasteiger partial charge in [0.15, 0.2) is 5.76 Å². The van der Waals surface area contributed by atoms with E-state index in [4.69, 9.17) is 14.1 Å². The predicted octanol–water partition coefficient (Wildman–Crippen LogP) is 3.49. The van der Waals surface area contributed by atoms with E-state index in [1.165, 1.54) is 11.0 Å². The largest absolute Gasteiger partial charge is 1.00 e. The number of aromatic carboxylic acids is 1. The SMILES string of the molecule is CSc1ccc(C(C)Oc2ccc(C)c3nc(-c4oc5ccccc5c4C)cc(C(=O)[O-])c23)cc1.[Na+]. The number of rotatable bonds is 6. The molecule has 0 aliphatic carbocycles. The molecule has 0 fully saturated rings. The van der Waals surface area contributed by atoms with Gasteiger partial charge in [-0.2, -0.15) is 0 Å². The summed E-state index contributed by atoms with van der Waals surface area (Å²) >= 11 is 1.67. The number of hydrogen-bond donors (Lipinski definition) is 0. The molecular weight excluding hydrogens is 481 g/mol. The fourth-order valence-electron chi connectivity index (χ4n) is 4.37.